The molecule has 0 radical (unpaired) electrons. The zero-order chi connectivity index (χ0) is 19.2. The Labute approximate surface area is 157 Å². The van der Waals surface area contributed by atoms with Gasteiger partial charge in [0, 0.05) is 11.8 Å². The molecule has 1 aliphatic rings. The number of esters is 1. The van der Waals surface area contributed by atoms with Crippen LogP contribution in [-0.2, 0) is 27.2 Å². The number of benzene rings is 2. The molecule has 2 aromatic rings. The van der Waals surface area contributed by atoms with Crippen molar-refractivity contribution in [3.8, 4) is 11.5 Å². The van der Waals surface area contributed by atoms with E-state index in [1.54, 1.807) is 12.1 Å². The van der Waals surface area contributed by atoms with Crippen LogP contribution in [-0.4, -0.2) is 30.7 Å². The molecule has 2 aromatic carbocycles. The minimum Gasteiger partial charge on any atom is -0.504 e. The first kappa shape index (κ1) is 18.5. The quantitative estimate of drug-likeness (QED) is 0.605. The molecule has 0 atom stereocenters. The zero-order valence-corrected chi connectivity index (χ0v) is 15.0. The van der Waals surface area contributed by atoms with Crippen molar-refractivity contribution in [1.29, 1.82) is 0 Å². The number of carbonyl (C=O) groups excluding carboxylic acids is 2. The fraction of sp³-hybridized carbons (Fsp3) is 0.238. The Bertz CT molecular complexity index is 888. The SMILES string of the molecule is COc1cc(/C=C/C(=O)OCC(=O)Nc2ccc3c(c2)CCC3)ccc1O. The molecular weight excluding hydrogens is 346 g/mol. The highest BCUT2D eigenvalue weighted by atomic mass is 16.5. The molecule has 0 fully saturated rings. The molecule has 0 bridgehead atoms. The molecule has 0 aromatic heterocycles. The lowest BCUT2D eigenvalue weighted by Gasteiger charge is -2.07. The third-order valence-corrected chi connectivity index (χ3v) is 4.34. The van der Waals surface area contributed by atoms with Gasteiger partial charge in [0.25, 0.3) is 5.91 Å². The second-order valence-corrected chi connectivity index (χ2v) is 6.26. The third kappa shape index (κ3) is 4.88. The van der Waals surface area contributed by atoms with Crippen LogP contribution in [0.3, 0.4) is 0 Å². The maximum Gasteiger partial charge on any atom is 0.331 e. The summed E-state index contributed by atoms with van der Waals surface area (Å²) < 4.78 is 9.95. The van der Waals surface area contributed by atoms with Crippen molar-refractivity contribution in [3.63, 3.8) is 0 Å². The summed E-state index contributed by atoms with van der Waals surface area (Å²) in [6, 6.07) is 10.5. The highest BCUT2D eigenvalue weighted by Crippen LogP contribution is 2.27. The van der Waals surface area contributed by atoms with Gasteiger partial charge in [0.1, 0.15) is 0 Å². The first-order valence-electron chi connectivity index (χ1n) is 8.68. The normalized spacial score (nSPS) is 12.6. The predicted octanol–water partition coefficient (Wildman–Crippen LogP) is 3.08. The lowest BCUT2D eigenvalue weighted by Crippen LogP contribution is -2.20. The van der Waals surface area contributed by atoms with Crippen LogP contribution in [0.1, 0.15) is 23.1 Å². The average molecular weight is 367 g/mol. The summed E-state index contributed by atoms with van der Waals surface area (Å²) in [5.41, 5.74) is 3.96. The summed E-state index contributed by atoms with van der Waals surface area (Å²) in [4.78, 5) is 23.7. The van der Waals surface area contributed by atoms with E-state index in [2.05, 4.69) is 5.32 Å². The number of phenols is 1. The number of methoxy groups -OCH3 is 1. The van der Waals surface area contributed by atoms with Gasteiger partial charge in [0.05, 0.1) is 7.11 Å². The number of anilines is 1. The molecule has 3 rings (SSSR count). The van der Waals surface area contributed by atoms with Crippen LogP contribution in [0.25, 0.3) is 6.08 Å². The Balaban J connectivity index is 1.49. The molecular formula is C21H21NO5. The van der Waals surface area contributed by atoms with Crippen LogP contribution in [0.2, 0.25) is 0 Å². The molecule has 0 spiro atoms. The van der Waals surface area contributed by atoms with E-state index in [1.807, 2.05) is 18.2 Å². The number of hydrogen-bond donors (Lipinski definition) is 2. The molecule has 0 saturated carbocycles. The van der Waals surface area contributed by atoms with Gasteiger partial charge in [-0.1, -0.05) is 12.1 Å². The van der Waals surface area contributed by atoms with Gasteiger partial charge in [-0.3, -0.25) is 4.79 Å². The number of hydrogen-bond acceptors (Lipinski definition) is 5. The van der Waals surface area contributed by atoms with Crippen molar-refractivity contribution in [2.24, 2.45) is 0 Å². The Morgan fingerprint density at radius 3 is 2.78 bits per heavy atom. The van der Waals surface area contributed by atoms with E-state index >= 15 is 0 Å². The highest BCUT2D eigenvalue weighted by Gasteiger charge is 2.12. The van der Waals surface area contributed by atoms with E-state index in [9.17, 15) is 14.7 Å². The molecule has 0 saturated heterocycles. The van der Waals surface area contributed by atoms with Gasteiger partial charge in [0.2, 0.25) is 0 Å². The minimum atomic E-state index is -0.633. The number of ether oxygens (including phenoxy) is 2. The van der Waals surface area contributed by atoms with Crippen molar-refractivity contribution < 1.29 is 24.2 Å². The molecule has 0 unspecified atom stereocenters. The van der Waals surface area contributed by atoms with Gasteiger partial charge in [-0.15, -0.1) is 0 Å². The molecule has 2 N–H and O–H groups in total. The molecule has 6 nitrogen and oxygen atoms in total. The number of fused-ring (bicyclic) bond motifs is 1. The summed E-state index contributed by atoms with van der Waals surface area (Å²) in [6.07, 6.45) is 5.99. The second kappa shape index (κ2) is 8.40. The van der Waals surface area contributed by atoms with Gasteiger partial charge in [0.15, 0.2) is 18.1 Å². The van der Waals surface area contributed by atoms with Crippen LogP contribution in [0, 0.1) is 0 Å². The molecule has 0 heterocycles. The number of nitrogens with one attached hydrogen (secondary N) is 1. The Morgan fingerprint density at radius 2 is 1.96 bits per heavy atom. The van der Waals surface area contributed by atoms with E-state index in [0.717, 1.165) is 19.3 Å². The largest absolute Gasteiger partial charge is 0.504 e. The molecule has 0 aliphatic heterocycles. The smallest absolute Gasteiger partial charge is 0.331 e. The predicted molar refractivity (Wildman–Crippen MR) is 102 cm³/mol. The van der Waals surface area contributed by atoms with E-state index in [0.29, 0.717) is 17.0 Å². The second-order valence-electron chi connectivity index (χ2n) is 6.26. The van der Waals surface area contributed by atoms with Gasteiger partial charge < -0.3 is 19.9 Å². The topological polar surface area (TPSA) is 84.9 Å². The maximum absolute atomic E-state index is 12.0. The van der Waals surface area contributed by atoms with E-state index in [-0.39, 0.29) is 18.3 Å². The molecule has 1 aliphatic carbocycles. The van der Waals surface area contributed by atoms with E-state index in [4.69, 9.17) is 9.47 Å². The monoisotopic (exact) mass is 367 g/mol. The van der Waals surface area contributed by atoms with Gasteiger partial charge in [-0.2, -0.15) is 0 Å². The van der Waals surface area contributed by atoms with Crippen LogP contribution in [0.15, 0.2) is 42.5 Å². The van der Waals surface area contributed by atoms with Gasteiger partial charge in [-0.05, 0) is 66.3 Å². The van der Waals surface area contributed by atoms with Crippen LogP contribution >= 0.6 is 0 Å². The van der Waals surface area contributed by atoms with E-state index < -0.39 is 5.97 Å². The van der Waals surface area contributed by atoms with Gasteiger partial charge >= 0.3 is 5.97 Å². The summed E-state index contributed by atoms with van der Waals surface area (Å²) >= 11 is 0. The summed E-state index contributed by atoms with van der Waals surface area (Å²) in [5, 5.41) is 12.3. The fourth-order valence-electron chi connectivity index (χ4n) is 2.99. The van der Waals surface area contributed by atoms with E-state index in [1.165, 1.54) is 36.5 Å². The number of rotatable bonds is 6. The molecule has 6 heteroatoms. The lowest BCUT2D eigenvalue weighted by molar-refractivity contribution is -0.142. The number of aryl methyl sites for hydroxylation is 2. The van der Waals surface area contributed by atoms with Crippen molar-refractivity contribution in [3.05, 3.63) is 59.2 Å². The lowest BCUT2D eigenvalue weighted by atomic mass is 10.1. The van der Waals surface area contributed by atoms with Crippen LogP contribution < -0.4 is 10.1 Å². The Hall–Kier alpha value is -3.28. The Morgan fingerprint density at radius 1 is 1.15 bits per heavy atom. The zero-order valence-electron chi connectivity index (χ0n) is 15.0. The molecule has 140 valence electrons. The Kier molecular flexibility index (Phi) is 5.76. The number of aromatic hydroxyl groups is 1. The number of carbonyl (C=O) groups is 2. The van der Waals surface area contributed by atoms with Crippen LogP contribution in [0.4, 0.5) is 5.69 Å². The first-order chi connectivity index (χ1) is 13.0. The fourth-order valence-corrected chi connectivity index (χ4v) is 2.99. The standard InChI is InChI=1S/C21H21NO5/c1-26-19-11-14(5-9-18(19)23)6-10-21(25)27-13-20(24)22-17-8-7-15-3-2-4-16(15)12-17/h5-12,23H,2-4,13H2,1H3,(H,22,24)/b10-6+. The molecule has 27 heavy (non-hydrogen) atoms. The average Bonchev–Trinajstić information content (AvgIpc) is 3.13. The number of amides is 1. The minimum absolute atomic E-state index is 0.0143. The van der Waals surface area contributed by atoms with Crippen molar-refractivity contribution >= 4 is 23.6 Å². The number of phenolic OH excluding ortho intramolecular Hbond substituents is 1. The van der Waals surface area contributed by atoms with Crippen molar-refractivity contribution in [1.82, 2.24) is 0 Å². The maximum atomic E-state index is 12.0. The first-order valence-corrected chi connectivity index (χ1v) is 8.68. The van der Waals surface area contributed by atoms with Crippen LogP contribution in [0.5, 0.6) is 11.5 Å². The summed E-state index contributed by atoms with van der Waals surface area (Å²) in [5.74, 6) is -0.702. The summed E-state index contributed by atoms with van der Waals surface area (Å²) in [6.45, 7) is -0.362. The van der Waals surface area contributed by atoms with Gasteiger partial charge in [-0.25, -0.2) is 4.79 Å². The molecule has 1 amide bonds. The van der Waals surface area contributed by atoms with Crippen molar-refractivity contribution in [2.75, 3.05) is 19.0 Å². The van der Waals surface area contributed by atoms with Crippen molar-refractivity contribution in [2.45, 2.75) is 19.3 Å². The summed E-state index contributed by atoms with van der Waals surface area (Å²) in [7, 11) is 1.44. The third-order valence-electron chi connectivity index (χ3n) is 4.34. The highest BCUT2D eigenvalue weighted by molar-refractivity contribution is 5.94.